The van der Waals surface area contributed by atoms with Crippen LogP contribution in [0.4, 0.5) is 5.69 Å². The summed E-state index contributed by atoms with van der Waals surface area (Å²) in [7, 11) is 1.57. The standard InChI is InChI=1S/C14H22N2O3/c1-14(2,3)19-9-13(17)16-8-10-5-6-12(18-4)11(15)7-10/h5-7H,8-9,15H2,1-4H3,(H,16,17). The summed E-state index contributed by atoms with van der Waals surface area (Å²) in [5.41, 5.74) is 6.95. The van der Waals surface area contributed by atoms with Gasteiger partial charge in [-0.2, -0.15) is 0 Å². The first-order valence-electron chi connectivity index (χ1n) is 6.15. The number of carbonyl (C=O) groups excluding carboxylic acids is 1. The van der Waals surface area contributed by atoms with Crippen LogP contribution >= 0.6 is 0 Å². The summed E-state index contributed by atoms with van der Waals surface area (Å²) in [6, 6.07) is 5.42. The zero-order valence-corrected chi connectivity index (χ0v) is 11.9. The van der Waals surface area contributed by atoms with E-state index in [9.17, 15) is 4.79 Å². The Balaban J connectivity index is 2.44. The molecule has 106 valence electrons. The molecular formula is C14H22N2O3. The second kappa shape index (κ2) is 6.43. The fourth-order valence-corrected chi connectivity index (χ4v) is 1.43. The van der Waals surface area contributed by atoms with Gasteiger partial charge in [-0.15, -0.1) is 0 Å². The first-order valence-corrected chi connectivity index (χ1v) is 6.15. The van der Waals surface area contributed by atoms with Crippen LogP contribution in [0.2, 0.25) is 0 Å². The van der Waals surface area contributed by atoms with Crippen molar-refractivity contribution in [2.24, 2.45) is 0 Å². The number of nitrogens with two attached hydrogens (primary N) is 1. The quantitative estimate of drug-likeness (QED) is 0.796. The first-order chi connectivity index (χ1) is 8.81. The monoisotopic (exact) mass is 266 g/mol. The molecule has 1 amide bonds. The molecule has 5 heteroatoms. The summed E-state index contributed by atoms with van der Waals surface area (Å²) in [6.45, 7) is 6.19. The number of anilines is 1. The summed E-state index contributed by atoms with van der Waals surface area (Å²) >= 11 is 0. The largest absolute Gasteiger partial charge is 0.495 e. The predicted octanol–water partition coefficient (Wildman–Crippen LogP) is 1.71. The zero-order valence-electron chi connectivity index (χ0n) is 11.9. The van der Waals surface area contributed by atoms with Crippen molar-refractivity contribution in [2.45, 2.75) is 32.9 Å². The Morgan fingerprint density at radius 1 is 1.37 bits per heavy atom. The number of nitrogen functional groups attached to an aromatic ring is 1. The van der Waals surface area contributed by atoms with Gasteiger partial charge in [-0.05, 0) is 38.5 Å². The smallest absolute Gasteiger partial charge is 0.246 e. The van der Waals surface area contributed by atoms with Crippen LogP contribution < -0.4 is 15.8 Å². The van der Waals surface area contributed by atoms with Gasteiger partial charge in [0.25, 0.3) is 0 Å². The van der Waals surface area contributed by atoms with E-state index in [0.717, 1.165) is 5.56 Å². The van der Waals surface area contributed by atoms with Crippen LogP contribution in [0.3, 0.4) is 0 Å². The van der Waals surface area contributed by atoms with Gasteiger partial charge < -0.3 is 20.5 Å². The molecule has 0 radical (unpaired) electrons. The van der Waals surface area contributed by atoms with Gasteiger partial charge in [-0.3, -0.25) is 4.79 Å². The highest BCUT2D eigenvalue weighted by atomic mass is 16.5. The van der Waals surface area contributed by atoms with Crippen molar-refractivity contribution in [3.05, 3.63) is 23.8 Å². The minimum atomic E-state index is -0.318. The van der Waals surface area contributed by atoms with Crippen LogP contribution in [-0.4, -0.2) is 25.2 Å². The van der Waals surface area contributed by atoms with Crippen molar-refractivity contribution in [3.8, 4) is 5.75 Å². The Bertz CT molecular complexity index is 439. The summed E-state index contributed by atoms with van der Waals surface area (Å²) in [5.74, 6) is 0.482. The van der Waals surface area contributed by atoms with Crippen molar-refractivity contribution < 1.29 is 14.3 Å². The number of ether oxygens (including phenoxy) is 2. The lowest BCUT2D eigenvalue weighted by Crippen LogP contribution is -2.31. The minimum Gasteiger partial charge on any atom is -0.495 e. The van der Waals surface area contributed by atoms with E-state index in [1.807, 2.05) is 26.8 Å². The first kappa shape index (κ1) is 15.3. The van der Waals surface area contributed by atoms with Crippen LogP contribution in [0.5, 0.6) is 5.75 Å². The molecule has 5 nitrogen and oxygen atoms in total. The molecule has 3 N–H and O–H groups in total. The van der Waals surface area contributed by atoms with E-state index in [4.69, 9.17) is 15.2 Å². The topological polar surface area (TPSA) is 73.6 Å². The van der Waals surface area contributed by atoms with E-state index in [1.54, 1.807) is 19.2 Å². The van der Waals surface area contributed by atoms with Crippen molar-refractivity contribution in [1.29, 1.82) is 0 Å². The molecule has 0 heterocycles. The number of carbonyl (C=O) groups is 1. The molecule has 1 aromatic carbocycles. The van der Waals surface area contributed by atoms with Gasteiger partial charge in [0.15, 0.2) is 0 Å². The molecule has 0 saturated carbocycles. The van der Waals surface area contributed by atoms with Crippen LogP contribution in [0, 0.1) is 0 Å². The highest BCUT2D eigenvalue weighted by Crippen LogP contribution is 2.21. The van der Waals surface area contributed by atoms with Crippen molar-refractivity contribution >= 4 is 11.6 Å². The van der Waals surface area contributed by atoms with E-state index < -0.39 is 0 Å². The third kappa shape index (κ3) is 5.61. The summed E-state index contributed by atoms with van der Waals surface area (Å²) in [4.78, 5) is 11.6. The number of hydrogen-bond donors (Lipinski definition) is 2. The maximum Gasteiger partial charge on any atom is 0.246 e. The lowest BCUT2D eigenvalue weighted by atomic mass is 10.2. The lowest BCUT2D eigenvalue weighted by Gasteiger charge is -2.19. The highest BCUT2D eigenvalue weighted by Gasteiger charge is 2.12. The third-order valence-corrected chi connectivity index (χ3v) is 2.42. The molecule has 0 unspecified atom stereocenters. The molecule has 0 aliphatic heterocycles. The minimum absolute atomic E-state index is 0.0507. The Kier molecular flexibility index (Phi) is 5.18. The maximum atomic E-state index is 11.6. The van der Waals surface area contributed by atoms with Crippen molar-refractivity contribution in [3.63, 3.8) is 0 Å². The fourth-order valence-electron chi connectivity index (χ4n) is 1.43. The summed E-state index contributed by atoms with van der Waals surface area (Å²) in [5, 5.41) is 2.78. The Labute approximate surface area is 114 Å². The fraction of sp³-hybridized carbons (Fsp3) is 0.500. The molecule has 0 atom stereocenters. The number of rotatable bonds is 5. The summed E-state index contributed by atoms with van der Waals surface area (Å²) < 4.78 is 10.5. The Hall–Kier alpha value is -1.75. The Morgan fingerprint density at radius 3 is 2.58 bits per heavy atom. The highest BCUT2D eigenvalue weighted by molar-refractivity contribution is 5.77. The second-order valence-electron chi connectivity index (χ2n) is 5.25. The van der Waals surface area contributed by atoms with Gasteiger partial charge >= 0.3 is 0 Å². The molecule has 1 rings (SSSR count). The van der Waals surface area contributed by atoms with E-state index in [-0.39, 0.29) is 18.1 Å². The molecule has 0 aliphatic rings. The van der Waals surface area contributed by atoms with E-state index in [0.29, 0.717) is 18.0 Å². The number of methoxy groups -OCH3 is 1. The van der Waals surface area contributed by atoms with Gasteiger partial charge in [0.2, 0.25) is 5.91 Å². The molecule has 0 aliphatic carbocycles. The van der Waals surface area contributed by atoms with Crippen molar-refractivity contribution in [2.75, 3.05) is 19.5 Å². The zero-order chi connectivity index (χ0) is 14.5. The second-order valence-corrected chi connectivity index (χ2v) is 5.25. The predicted molar refractivity (Wildman–Crippen MR) is 75.0 cm³/mol. The van der Waals surface area contributed by atoms with Gasteiger partial charge in [0.05, 0.1) is 18.4 Å². The van der Waals surface area contributed by atoms with E-state index >= 15 is 0 Å². The number of nitrogens with one attached hydrogen (secondary N) is 1. The van der Waals surface area contributed by atoms with Crippen LogP contribution in [0.1, 0.15) is 26.3 Å². The number of benzene rings is 1. The van der Waals surface area contributed by atoms with Gasteiger partial charge in [-0.25, -0.2) is 0 Å². The molecule has 0 aromatic heterocycles. The molecule has 0 fully saturated rings. The summed E-state index contributed by atoms with van der Waals surface area (Å²) in [6.07, 6.45) is 0. The van der Waals surface area contributed by atoms with Crippen LogP contribution in [0.15, 0.2) is 18.2 Å². The van der Waals surface area contributed by atoms with E-state index in [2.05, 4.69) is 5.32 Å². The van der Waals surface area contributed by atoms with Gasteiger partial charge in [-0.1, -0.05) is 6.07 Å². The average molecular weight is 266 g/mol. The van der Waals surface area contributed by atoms with Crippen molar-refractivity contribution in [1.82, 2.24) is 5.32 Å². The molecule has 0 saturated heterocycles. The third-order valence-electron chi connectivity index (χ3n) is 2.42. The lowest BCUT2D eigenvalue weighted by molar-refractivity contribution is -0.130. The number of amides is 1. The number of hydrogen-bond acceptors (Lipinski definition) is 4. The molecule has 0 bridgehead atoms. The van der Waals surface area contributed by atoms with Gasteiger partial charge in [0, 0.05) is 6.54 Å². The van der Waals surface area contributed by atoms with Crippen LogP contribution in [-0.2, 0) is 16.1 Å². The SMILES string of the molecule is COc1ccc(CNC(=O)COC(C)(C)C)cc1N. The normalized spacial score (nSPS) is 11.2. The van der Waals surface area contributed by atoms with E-state index in [1.165, 1.54) is 0 Å². The molecule has 0 spiro atoms. The van der Waals surface area contributed by atoms with Crippen LogP contribution in [0.25, 0.3) is 0 Å². The average Bonchev–Trinajstić information content (AvgIpc) is 2.33. The molecule has 1 aromatic rings. The molecular weight excluding hydrogens is 244 g/mol. The molecule has 19 heavy (non-hydrogen) atoms. The van der Waals surface area contributed by atoms with Gasteiger partial charge in [0.1, 0.15) is 12.4 Å². The maximum absolute atomic E-state index is 11.6. The Morgan fingerprint density at radius 2 is 2.05 bits per heavy atom.